The van der Waals surface area contributed by atoms with Gasteiger partial charge >= 0.3 is 0 Å². The Balaban J connectivity index is 3.32. The molecule has 21 heavy (non-hydrogen) atoms. The van der Waals surface area contributed by atoms with Crippen LogP contribution in [0.5, 0.6) is 0 Å². The van der Waals surface area contributed by atoms with E-state index in [9.17, 15) is 22.0 Å². The maximum Gasteiger partial charge on any atom is 0.254 e. The molecule has 0 atom stereocenters. The summed E-state index contributed by atoms with van der Waals surface area (Å²) in [7, 11) is -4.46. The van der Waals surface area contributed by atoms with Crippen molar-refractivity contribution in [3.8, 4) is 0 Å². The van der Waals surface area contributed by atoms with Crippen LogP contribution in [0.4, 0.5) is 8.78 Å². The summed E-state index contributed by atoms with van der Waals surface area (Å²) in [5.74, 6) is -3.30. The number of benzene rings is 1. The average molecular weight is 320 g/mol. The highest BCUT2D eigenvalue weighted by Gasteiger charge is 2.27. The van der Waals surface area contributed by atoms with Crippen LogP contribution in [-0.4, -0.2) is 19.9 Å². The normalized spacial score (nSPS) is 12.3. The minimum Gasteiger partial charge on any atom is -0.347 e. The Labute approximate surface area is 122 Å². The van der Waals surface area contributed by atoms with Crippen molar-refractivity contribution >= 4 is 15.9 Å². The van der Waals surface area contributed by atoms with Crippen LogP contribution in [0, 0.1) is 11.6 Å². The van der Waals surface area contributed by atoms with E-state index in [1.165, 1.54) is 0 Å². The van der Waals surface area contributed by atoms with Gasteiger partial charge in [0.15, 0.2) is 5.82 Å². The minimum absolute atomic E-state index is 0.445. The van der Waals surface area contributed by atoms with E-state index in [4.69, 9.17) is 5.14 Å². The highest BCUT2D eigenvalue weighted by Crippen LogP contribution is 2.21. The first-order chi connectivity index (χ1) is 9.54. The Bertz CT molecular complexity index is 656. The van der Waals surface area contributed by atoms with E-state index in [0.717, 1.165) is 0 Å². The number of carbonyl (C=O) groups is 1. The molecule has 1 aromatic carbocycles. The highest BCUT2D eigenvalue weighted by atomic mass is 32.2. The number of nitrogens with two attached hydrogens (primary N) is 1. The van der Waals surface area contributed by atoms with Crippen LogP contribution in [0.3, 0.4) is 0 Å². The molecule has 0 aliphatic rings. The molecule has 1 rings (SSSR count). The number of hydrogen-bond donors (Lipinski definition) is 2. The van der Waals surface area contributed by atoms with Gasteiger partial charge in [0.05, 0.1) is 5.56 Å². The molecule has 0 radical (unpaired) electrons. The number of carbonyl (C=O) groups excluding carboxylic acids is 1. The van der Waals surface area contributed by atoms with Crippen LogP contribution in [-0.2, 0) is 10.0 Å². The van der Waals surface area contributed by atoms with E-state index in [0.29, 0.717) is 25.0 Å². The Kier molecular flexibility index (Phi) is 5.06. The van der Waals surface area contributed by atoms with E-state index in [1.807, 2.05) is 13.8 Å². The minimum atomic E-state index is -4.46. The molecule has 0 heterocycles. The summed E-state index contributed by atoms with van der Waals surface area (Å²) >= 11 is 0. The van der Waals surface area contributed by atoms with Crippen molar-refractivity contribution in [3.63, 3.8) is 0 Å². The zero-order valence-corrected chi connectivity index (χ0v) is 12.9. The SMILES string of the molecule is CCC(C)(CC)NC(=O)c1cc(F)cc(S(N)(=O)=O)c1F. The molecule has 5 nitrogen and oxygen atoms in total. The number of rotatable bonds is 5. The second-order valence-corrected chi connectivity index (χ2v) is 6.56. The first-order valence-electron chi connectivity index (χ1n) is 6.38. The third kappa shape index (κ3) is 3.98. The van der Waals surface area contributed by atoms with Crippen molar-refractivity contribution in [1.29, 1.82) is 0 Å². The number of nitrogens with one attached hydrogen (secondary N) is 1. The molecule has 0 aliphatic carbocycles. The van der Waals surface area contributed by atoms with Gasteiger partial charge in [0.1, 0.15) is 10.7 Å². The standard InChI is InChI=1S/C13H18F2N2O3S/c1-4-13(3,5-2)17-12(18)9-6-8(14)7-10(11(9)15)21(16,19)20/h6-7H,4-5H2,1-3H3,(H,17,18)(H2,16,19,20). The van der Waals surface area contributed by atoms with E-state index < -0.39 is 43.6 Å². The van der Waals surface area contributed by atoms with Crippen LogP contribution < -0.4 is 10.5 Å². The zero-order chi connectivity index (χ0) is 16.4. The second-order valence-electron chi connectivity index (χ2n) is 5.03. The van der Waals surface area contributed by atoms with Gasteiger partial charge in [-0.2, -0.15) is 0 Å². The molecule has 118 valence electrons. The highest BCUT2D eigenvalue weighted by molar-refractivity contribution is 7.89. The van der Waals surface area contributed by atoms with Crippen molar-refractivity contribution in [2.75, 3.05) is 0 Å². The van der Waals surface area contributed by atoms with Crippen LogP contribution in [0.25, 0.3) is 0 Å². The van der Waals surface area contributed by atoms with Gasteiger partial charge in [-0.25, -0.2) is 22.3 Å². The molecule has 0 aromatic heterocycles. The fraction of sp³-hybridized carbons (Fsp3) is 0.462. The van der Waals surface area contributed by atoms with E-state index in [1.54, 1.807) is 6.92 Å². The molecular formula is C13H18F2N2O3S. The summed E-state index contributed by atoms with van der Waals surface area (Å²) in [5, 5.41) is 7.38. The molecule has 0 unspecified atom stereocenters. The van der Waals surface area contributed by atoms with Crippen LogP contribution in [0.1, 0.15) is 44.0 Å². The largest absolute Gasteiger partial charge is 0.347 e. The van der Waals surface area contributed by atoms with Gasteiger partial charge in [-0.3, -0.25) is 4.79 Å². The van der Waals surface area contributed by atoms with Gasteiger partial charge in [-0.1, -0.05) is 13.8 Å². The fourth-order valence-corrected chi connectivity index (χ4v) is 2.34. The first kappa shape index (κ1) is 17.5. The molecule has 0 aliphatic heterocycles. The van der Waals surface area contributed by atoms with Crippen molar-refractivity contribution in [2.24, 2.45) is 5.14 Å². The lowest BCUT2D eigenvalue weighted by molar-refractivity contribution is 0.0895. The van der Waals surface area contributed by atoms with Gasteiger partial charge in [0.25, 0.3) is 5.91 Å². The van der Waals surface area contributed by atoms with Gasteiger partial charge in [0.2, 0.25) is 10.0 Å². The molecule has 8 heteroatoms. The summed E-state index contributed by atoms with van der Waals surface area (Å²) in [6.45, 7) is 5.42. The summed E-state index contributed by atoms with van der Waals surface area (Å²) in [6.07, 6.45) is 1.16. The number of amides is 1. The predicted octanol–water partition coefficient (Wildman–Crippen LogP) is 1.92. The lowest BCUT2D eigenvalue weighted by Gasteiger charge is -2.28. The molecular weight excluding hydrogens is 302 g/mol. The van der Waals surface area contributed by atoms with Gasteiger partial charge in [-0.15, -0.1) is 0 Å². The number of hydrogen-bond acceptors (Lipinski definition) is 3. The van der Waals surface area contributed by atoms with Crippen molar-refractivity contribution < 1.29 is 22.0 Å². The van der Waals surface area contributed by atoms with E-state index in [-0.39, 0.29) is 0 Å². The lowest BCUT2D eigenvalue weighted by atomic mass is 9.95. The van der Waals surface area contributed by atoms with Gasteiger partial charge < -0.3 is 5.32 Å². The first-order valence-corrected chi connectivity index (χ1v) is 7.93. The van der Waals surface area contributed by atoms with E-state index in [2.05, 4.69) is 5.32 Å². The van der Waals surface area contributed by atoms with Crippen LogP contribution >= 0.6 is 0 Å². The Hall–Kier alpha value is -1.54. The Morgan fingerprint density at radius 3 is 2.24 bits per heavy atom. The predicted molar refractivity (Wildman–Crippen MR) is 74.2 cm³/mol. The van der Waals surface area contributed by atoms with Crippen LogP contribution in [0.15, 0.2) is 17.0 Å². The summed E-state index contributed by atoms with van der Waals surface area (Å²) < 4.78 is 50.0. The van der Waals surface area contributed by atoms with Crippen molar-refractivity contribution in [3.05, 3.63) is 29.3 Å². The summed E-state index contributed by atoms with van der Waals surface area (Å²) in [5.41, 5.74) is -1.29. The number of sulfonamides is 1. The quantitative estimate of drug-likeness (QED) is 0.868. The molecule has 0 saturated carbocycles. The molecule has 0 fully saturated rings. The molecule has 1 aromatic rings. The lowest BCUT2D eigenvalue weighted by Crippen LogP contribution is -2.45. The molecule has 3 N–H and O–H groups in total. The van der Waals surface area contributed by atoms with Crippen LogP contribution in [0.2, 0.25) is 0 Å². The Morgan fingerprint density at radius 1 is 1.29 bits per heavy atom. The van der Waals surface area contributed by atoms with Crippen molar-refractivity contribution in [1.82, 2.24) is 5.32 Å². The average Bonchev–Trinajstić information content (AvgIpc) is 2.39. The molecule has 0 bridgehead atoms. The Morgan fingerprint density at radius 2 is 1.81 bits per heavy atom. The summed E-state index contributed by atoms with van der Waals surface area (Å²) in [6, 6.07) is 1.09. The van der Waals surface area contributed by atoms with Gasteiger partial charge in [-0.05, 0) is 31.9 Å². The number of primary sulfonamides is 1. The molecule has 0 spiro atoms. The fourth-order valence-electron chi connectivity index (χ4n) is 1.70. The summed E-state index contributed by atoms with van der Waals surface area (Å²) in [4.78, 5) is 11.0. The maximum atomic E-state index is 14.1. The van der Waals surface area contributed by atoms with Gasteiger partial charge in [0, 0.05) is 5.54 Å². The maximum absolute atomic E-state index is 14.1. The monoisotopic (exact) mass is 320 g/mol. The molecule has 1 amide bonds. The molecule has 0 saturated heterocycles. The second kappa shape index (κ2) is 6.07. The smallest absolute Gasteiger partial charge is 0.254 e. The van der Waals surface area contributed by atoms with Crippen molar-refractivity contribution in [2.45, 2.75) is 44.0 Å². The third-order valence-corrected chi connectivity index (χ3v) is 4.44. The van der Waals surface area contributed by atoms with E-state index >= 15 is 0 Å². The zero-order valence-electron chi connectivity index (χ0n) is 12.0. The number of halogens is 2. The third-order valence-electron chi connectivity index (χ3n) is 3.53. The topological polar surface area (TPSA) is 89.3 Å².